The minimum atomic E-state index is -0.723. The van der Waals surface area contributed by atoms with E-state index < -0.39 is 19.0 Å². The van der Waals surface area contributed by atoms with Gasteiger partial charge in [-0.1, -0.05) is 159 Å². The van der Waals surface area contributed by atoms with Crippen LogP contribution in [0.4, 0.5) is 0 Å². The summed E-state index contributed by atoms with van der Waals surface area (Å²) in [7, 11) is -1.45. The molecule has 0 atom stereocenters. The lowest BCUT2D eigenvalue weighted by Gasteiger charge is -2.31. The lowest BCUT2D eigenvalue weighted by atomic mass is 9.94. The van der Waals surface area contributed by atoms with Gasteiger partial charge in [-0.2, -0.15) is 0 Å². The van der Waals surface area contributed by atoms with Gasteiger partial charge in [-0.15, -0.1) is 0 Å². The highest BCUT2D eigenvalue weighted by Gasteiger charge is 2.31. The maximum absolute atomic E-state index is 6.71. The molecule has 0 amide bonds. The number of hydrogen-bond donors (Lipinski definition) is 0. The van der Waals surface area contributed by atoms with Crippen LogP contribution in [0.1, 0.15) is 49.9 Å². The summed E-state index contributed by atoms with van der Waals surface area (Å²) in [5, 5.41) is 2.70. The van der Waals surface area contributed by atoms with E-state index in [9.17, 15) is 0 Å². The molecule has 0 aromatic heterocycles. The van der Waals surface area contributed by atoms with Crippen LogP contribution in [0.15, 0.2) is 158 Å². The first-order chi connectivity index (χ1) is 23.8. The summed E-state index contributed by atoms with van der Waals surface area (Å²) in [6.07, 6.45) is 0. The molecule has 0 N–H and O–H groups in total. The molecule has 0 saturated carbocycles. The molecule has 49 heavy (non-hydrogen) atoms. The molecule has 6 aromatic rings. The summed E-state index contributed by atoms with van der Waals surface area (Å²) in [6.45, 7) is 10.4. The van der Waals surface area contributed by atoms with Crippen molar-refractivity contribution in [2.45, 2.75) is 51.0 Å². The molecule has 5 heteroatoms. The Bertz CT molecular complexity index is 1780. The summed E-state index contributed by atoms with van der Waals surface area (Å²) < 4.78 is 19.9. The molecule has 0 radical (unpaired) electrons. The van der Waals surface area contributed by atoms with Crippen LogP contribution in [-0.2, 0) is 28.0 Å². The summed E-state index contributed by atoms with van der Waals surface area (Å²) >= 11 is 0. The fraction of sp³-hybridized carbons (Fsp3) is 0.182. The van der Waals surface area contributed by atoms with E-state index in [1.807, 2.05) is 60.7 Å². The standard InChI is InChI=1S/C44H46O3Si2/c1-43(2,48-37-25-13-7-14-26-37)41-33(19-17-29-39(41)46-35-21-9-5-10-22-35)31-45-32-34-20-18-30-40(47-36-23-11-6-12-24-36)42(34)44(3,4)49-38-27-15-8-16-28-38/h5-30H,31-32,48-49H2,1-4H3. The molecule has 0 spiro atoms. The van der Waals surface area contributed by atoms with Crippen LogP contribution in [0.2, 0.25) is 0 Å². The molecule has 0 unspecified atom stereocenters. The maximum Gasteiger partial charge on any atom is 0.131 e. The van der Waals surface area contributed by atoms with Crippen molar-refractivity contribution in [3.63, 3.8) is 0 Å². The lowest BCUT2D eigenvalue weighted by molar-refractivity contribution is 0.105. The van der Waals surface area contributed by atoms with Gasteiger partial charge >= 0.3 is 0 Å². The predicted octanol–water partition coefficient (Wildman–Crippen LogP) is 8.45. The molecule has 0 fully saturated rings. The van der Waals surface area contributed by atoms with Crippen molar-refractivity contribution in [1.82, 2.24) is 0 Å². The Kier molecular flexibility index (Phi) is 10.9. The van der Waals surface area contributed by atoms with E-state index in [0.717, 1.165) is 34.1 Å². The molecule has 6 aromatic carbocycles. The summed E-state index contributed by atoms with van der Waals surface area (Å²) in [5.74, 6) is 3.47. The zero-order valence-electron chi connectivity index (χ0n) is 29.1. The zero-order valence-corrected chi connectivity index (χ0v) is 31.9. The SMILES string of the molecule is CC(C)([SiH2]c1ccccc1)c1c(COCc2cccc(Oc3ccccc3)c2C(C)(C)[SiH2]c2ccccc2)cccc1Oc1ccccc1. The van der Waals surface area contributed by atoms with E-state index in [1.165, 1.54) is 21.5 Å². The quantitative estimate of drug-likeness (QED) is 0.108. The summed E-state index contributed by atoms with van der Waals surface area (Å²) in [5.41, 5.74) is 4.79. The van der Waals surface area contributed by atoms with Gasteiger partial charge < -0.3 is 14.2 Å². The fourth-order valence-electron chi connectivity index (χ4n) is 6.99. The first kappa shape index (κ1) is 34.2. The molecular weight excluding hydrogens is 633 g/mol. The second kappa shape index (κ2) is 15.7. The highest BCUT2D eigenvalue weighted by atomic mass is 28.2. The van der Waals surface area contributed by atoms with E-state index in [0.29, 0.717) is 13.2 Å². The van der Waals surface area contributed by atoms with Crippen LogP contribution < -0.4 is 19.8 Å². The Morgan fingerprint density at radius 2 is 0.755 bits per heavy atom. The van der Waals surface area contributed by atoms with Gasteiger partial charge in [-0.25, -0.2) is 0 Å². The third kappa shape index (κ3) is 8.87. The number of para-hydroxylation sites is 2. The average Bonchev–Trinajstić information content (AvgIpc) is 3.10. The molecule has 3 nitrogen and oxygen atoms in total. The van der Waals surface area contributed by atoms with Crippen molar-refractivity contribution in [2.75, 3.05) is 0 Å². The van der Waals surface area contributed by atoms with E-state index in [1.54, 1.807) is 0 Å². The Labute approximate surface area is 296 Å². The smallest absolute Gasteiger partial charge is 0.131 e. The normalized spacial score (nSPS) is 12.2. The fourth-order valence-corrected chi connectivity index (χ4v) is 11.2. The van der Waals surface area contributed by atoms with E-state index in [4.69, 9.17) is 14.2 Å². The van der Waals surface area contributed by atoms with Gasteiger partial charge in [0.25, 0.3) is 0 Å². The van der Waals surface area contributed by atoms with Crippen molar-refractivity contribution < 1.29 is 14.2 Å². The van der Waals surface area contributed by atoms with Gasteiger partial charge in [-0.05, 0) is 57.6 Å². The number of ether oxygens (including phenoxy) is 3. The number of benzene rings is 6. The third-order valence-corrected chi connectivity index (χ3v) is 13.2. The van der Waals surface area contributed by atoms with Crippen LogP contribution in [0.5, 0.6) is 23.0 Å². The molecule has 6 rings (SSSR count). The van der Waals surface area contributed by atoms with Crippen LogP contribution in [0, 0.1) is 0 Å². The Morgan fingerprint density at radius 1 is 0.408 bits per heavy atom. The molecular formula is C44H46O3Si2. The highest BCUT2D eigenvalue weighted by Crippen LogP contribution is 2.39. The third-order valence-electron chi connectivity index (χ3n) is 9.01. The van der Waals surface area contributed by atoms with Gasteiger partial charge in [0.05, 0.1) is 32.3 Å². The Morgan fingerprint density at radius 3 is 1.12 bits per heavy atom. The monoisotopic (exact) mass is 678 g/mol. The van der Waals surface area contributed by atoms with Crippen molar-refractivity contribution in [1.29, 1.82) is 0 Å². The second-order valence-corrected chi connectivity index (χ2v) is 19.9. The number of rotatable bonds is 14. The van der Waals surface area contributed by atoms with E-state index in [-0.39, 0.29) is 10.1 Å². The van der Waals surface area contributed by atoms with E-state index >= 15 is 0 Å². The molecule has 0 aliphatic heterocycles. The molecule has 0 bridgehead atoms. The van der Waals surface area contributed by atoms with Gasteiger partial charge in [0.15, 0.2) is 0 Å². The number of hydrogen-bond acceptors (Lipinski definition) is 3. The average molecular weight is 679 g/mol. The maximum atomic E-state index is 6.71. The first-order valence-corrected chi connectivity index (χ1v) is 20.0. The second-order valence-electron chi connectivity index (χ2n) is 14.0. The minimum absolute atomic E-state index is 0.0801. The Hall–Kier alpha value is -4.69. The Balaban J connectivity index is 1.32. The van der Waals surface area contributed by atoms with Crippen molar-refractivity contribution in [3.8, 4) is 23.0 Å². The molecule has 0 heterocycles. The van der Waals surface area contributed by atoms with Crippen LogP contribution >= 0.6 is 0 Å². The van der Waals surface area contributed by atoms with Crippen LogP contribution in [0.3, 0.4) is 0 Å². The minimum Gasteiger partial charge on any atom is -0.457 e. The van der Waals surface area contributed by atoms with Gasteiger partial charge in [-0.3, -0.25) is 0 Å². The molecule has 0 aliphatic carbocycles. The van der Waals surface area contributed by atoms with Crippen molar-refractivity contribution in [2.24, 2.45) is 0 Å². The van der Waals surface area contributed by atoms with Crippen LogP contribution in [-0.4, -0.2) is 19.0 Å². The van der Waals surface area contributed by atoms with Crippen molar-refractivity contribution in [3.05, 3.63) is 180 Å². The topological polar surface area (TPSA) is 27.7 Å². The van der Waals surface area contributed by atoms with Crippen LogP contribution in [0.25, 0.3) is 0 Å². The highest BCUT2D eigenvalue weighted by molar-refractivity contribution is 6.57. The molecule has 0 aliphatic rings. The van der Waals surface area contributed by atoms with E-state index in [2.05, 4.69) is 125 Å². The van der Waals surface area contributed by atoms with Crippen molar-refractivity contribution >= 4 is 29.4 Å². The van der Waals surface area contributed by atoms with Gasteiger partial charge in [0.1, 0.15) is 23.0 Å². The summed E-state index contributed by atoms with van der Waals surface area (Å²) in [6, 6.07) is 54.8. The first-order valence-electron chi connectivity index (χ1n) is 17.1. The largest absolute Gasteiger partial charge is 0.457 e. The molecule has 0 saturated heterocycles. The predicted molar refractivity (Wildman–Crippen MR) is 210 cm³/mol. The van der Waals surface area contributed by atoms with Gasteiger partial charge in [0.2, 0.25) is 0 Å². The lowest BCUT2D eigenvalue weighted by Crippen LogP contribution is -2.36. The molecule has 248 valence electrons. The van der Waals surface area contributed by atoms with Gasteiger partial charge in [0, 0.05) is 11.1 Å². The summed E-state index contributed by atoms with van der Waals surface area (Å²) in [4.78, 5) is 0. The zero-order chi connectivity index (χ0) is 34.1.